The SMILES string of the molecule is O=C(C[C@@H]1NC(=O)N(Cc2ccccc2Cl)C1=O)NCc1ccncc1. The molecule has 0 spiro atoms. The second-order valence-corrected chi connectivity index (χ2v) is 6.26. The molecule has 0 bridgehead atoms. The Hall–Kier alpha value is -2.93. The molecule has 1 fully saturated rings. The van der Waals surface area contributed by atoms with Crippen LogP contribution in [0.4, 0.5) is 4.79 Å². The van der Waals surface area contributed by atoms with E-state index < -0.39 is 18.0 Å². The standard InChI is InChI=1S/C18H17ClN4O3/c19-14-4-2-1-3-13(14)11-23-17(25)15(22-18(23)26)9-16(24)21-10-12-5-7-20-8-6-12/h1-8,15H,9-11H2,(H,21,24)(H,22,26)/t15-/m0/s1. The normalized spacial score (nSPS) is 16.5. The number of nitrogens with one attached hydrogen (secondary N) is 2. The summed E-state index contributed by atoms with van der Waals surface area (Å²) in [4.78, 5) is 41.6. The second-order valence-electron chi connectivity index (χ2n) is 5.85. The number of pyridine rings is 1. The van der Waals surface area contributed by atoms with Gasteiger partial charge in [-0.3, -0.25) is 19.5 Å². The maximum Gasteiger partial charge on any atom is 0.325 e. The highest BCUT2D eigenvalue weighted by molar-refractivity contribution is 6.31. The first-order valence-corrected chi connectivity index (χ1v) is 8.43. The van der Waals surface area contributed by atoms with Gasteiger partial charge in [-0.2, -0.15) is 0 Å². The van der Waals surface area contributed by atoms with Crippen LogP contribution in [0.25, 0.3) is 0 Å². The Morgan fingerprint density at radius 3 is 2.65 bits per heavy atom. The van der Waals surface area contributed by atoms with Crippen LogP contribution in [0.3, 0.4) is 0 Å². The molecule has 2 N–H and O–H groups in total. The number of imide groups is 1. The van der Waals surface area contributed by atoms with Crippen LogP contribution in [0, 0.1) is 0 Å². The van der Waals surface area contributed by atoms with Gasteiger partial charge >= 0.3 is 6.03 Å². The zero-order valence-corrected chi connectivity index (χ0v) is 14.6. The first-order valence-electron chi connectivity index (χ1n) is 8.05. The van der Waals surface area contributed by atoms with Gasteiger partial charge in [0, 0.05) is 24.0 Å². The lowest BCUT2D eigenvalue weighted by atomic mass is 10.1. The van der Waals surface area contributed by atoms with Crippen molar-refractivity contribution in [3.63, 3.8) is 0 Å². The van der Waals surface area contributed by atoms with E-state index in [0.29, 0.717) is 17.1 Å². The van der Waals surface area contributed by atoms with Crippen LogP contribution in [0.5, 0.6) is 0 Å². The van der Waals surface area contributed by atoms with Gasteiger partial charge in [0.1, 0.15) is 6.04 Å². The Morgan fingerprint density at radius 1 is 1.19 bits per heavy atom. The van der Waals surface area contributed by atoms with E-state index in [4.69, 9.17) is 11.6 Å². The number of aromatic nitrogens is 1. The summed E-state index contributed by atoms with van der Waals surface area (Å²) in [6, 6.07) is 9.17. The fourth-order valence-electron chi connectivity index (χ4n) is 2.62. The zero-order chi connectivity index (χ0) is 18.5. The number of halogens is 1. The van der Waals surface area contributed by atoms with Crippen molar-refractivity contribution >= 4 is 29.4 Å². The van der Waals surface area contributed by atoms with E-state index in [2.05, 4.69) is 15.6 Å². The molecule has 134 valence electrons. The summed E-state index contributed by atoms with van der Waals surface area (Å²) in [6.45, 7) is 0.402. The van der Waals surface area contributed by atoms with E-state index >= 15 is 0 Å². The molecule has 1 aliphatic heterocycles. The van der Waals surface area contributed by atoms with Crippen molar-refractivity contribution in [3.05, 3.63) is 64.9 Å². The van der Waals surface area contributed by atoms with Crippen LogP contribution in [0.15, 0.2) is 48.8 Å². The number of hydrogen-bond donors (Lipinski definition) is 2. The van der Waals surface area contributed by atoms with Gasteiger partial charge in [-0.15, -0.1) is 0 Å². The maximum absolute atomic E-state index is 12.5. The predicted molar refractivity (Wildman–Crippen MR) is 95.0 cm³/mol. The van der Waals surface area contributed by atoms with Crippen molar-refractivity contribution in [3.8, 4) is 0 Å². The summed E-state index contributed by atoms with van der Waals surface area (Å²) in [7, 11) is 0. The fraction of sp³-hybridized carbons (Fsp3) is 0.222. The molecule has 0 aliphatic carbocycles. The van der Waals surface area contributed by atoms with Gasteiger partial charge in [0.05, 0.1) is 13.0 Å². The van der Waals surface area contributed by atoms with Crippen LogP contribution in [-0.2, 0) is 22.7 Å². The summed E-state index contributed by atoms with van der Waals surface area (Å²) in [5.74, 6) is -0.756. The number of carbonyl (C=O) groups is 3. The molecule has 3 rings (SSSR count). The molecule has 1 atom stereocenters. The molecular weight excluding hydrogens is 356 g/mol. The number of nitrogens with zero attached hydrogens (tertiary/aromatic N) is 2. The first-order chi connectivity index (χ1) is 12.5. The Bertz CT molecular complexity index is 828. The van der Waals surface area contributed by atoms with E-state index in [-0.39, 0.29) is 18.9 Å². The third kappa shape index (κ3) is 4.18. The largest absolute Gasteiger partial charge is 0.352 e. The molecule has 8 heteroatoms. The average Bonchev–Trinajstić information content (AvgIpc) is 2.90. The molecule has 0 unspecified atom stereocenters. The quantitative estimate of drug-likeness (QED) is 0.757. The van der Waals surface area contributed by atoms with Gasteiger partial charge < -0.3 is 10.6 Å². The highest BCUT2D eigenvalue weighted by Crippen LogP contribution is 2.20. The van der Waals surface area contributed by atoms with Crippen molar-refractivity contribution in [2.24, 2.45) is 0 Å². The van der Waals surface area contributed by atoms with E-state index in [1.165, 1.54) is 0 Å². The third-order valence-electron chi connectivity index (χ3n) is 4.02. The van der Waals surface area contributed by atoms with Crippen LogP contribution in [0.1, 0.15) is 17.5 Å². The van der Waals surface area contributed by atoms with Crippen LogP contribution < -0.4 is 10.6 Å². The summed E-state index contributed by atoms with van der Waals surface area (Å²) in [5, 5.41) is 5.75. The molecule has 4 amide bonds. The summed E-state index contributed by atoms with van der Waals surface area (Å²) in [5.41, 5.74) is 1.57. The minimum Gasteiger partial charge on any atom is -0.352 e. The summed E-state index contributed by atoms with van der Waals surface area (Å²) < 4.78 is 0. The maximum atomic E-state index is 12.5. The first kappa shape index (κ1) is 17.9. The smallest absolute Gasteiger partial charge is 0.325 e. The average molecular weight is 373 g/mol. The van der Waals surface area contributed by atoms with Crippen LogP contribution in [0.2, 0.25) is 5.02 Å². The number of carbonyl (C=O) groups excluding carboxylic acids is 3. The van der Waals surface area contributed by atoms with Crippen LogP contribution >= 0.6 is 11.6 Å². The van der Waals surface area contributed by atoms with E-state index in [9.17, 15) is 14.4 Å². The molecule has 1 saturated heterocycles. The molecule has 0 radical (unpaired) electrons. The lowest BCUT2D eigenvalue weighted by Crippen LogP contribution is -2.36. The Kier molecular flexibility index (Phi) is 5.48. The molecule has 26 heavy (non-hydrogen) atoms. The lowest BCUT2D eigenvalue weighted by Gasteiger charge is -2.14. The van der Waals surface area contributed by atoms with Crippen molar-refractivity contribution in [1.82, 2.24) is 20.5 Å². The number of urea groups is 1. The number of rotatable bonds is 6. The molecule has 1 aliphatic rings. The van der Waals surface area contributed by atoms with E-state index in [0.717, 1.165) is 10.5 Å². The molecule has 1 aromatic heterocycles. The van der Waals surface area contributed by atoms with Crippen LogP contribution in [-0.4, -0.2) is 33.8 Å². The summed E-state index contributed by atoms with van der Waals surface area (Å²) >= 11 is 6.08. The second kappa shape index (κ2) is 7.97. The van der Waals surface area contributed by atoms with Crippen molar-refractivity contribution < 1.29 is 14.4 Å². The Labute approximate surface area is 155 Å². The van der Waals surface area contributed by atoms with Gasteiger partial charge in [-0.1, -0.05) is 29.8 Å². The van der Waals surface area contributed by atoms with Gasteiger partial charge in [0.25, 0.3) is 5.91 Å². The molecule has 0 saturated carbocycles. The summed E-state index contributed by atoms with van der Waals surface area (Å²) in [6.07, 6.45) is 3.15. The van der Waals surface area contributed by atoms with Crippen molar-refractivity contribution in [2.75, 3.05) is 0 Å². The van der Waals surface area contributed by atoms with Gasteiger partial charge in [0.2, 0.25) is 5.91 Å². The van der Waals surface area contributed by atoms with Gasteiger partial charge in [-0.05, 0) is 29.3 Å². The zero-order valence-electron chi connectivity index (χ0n) is 13.8. The monoisotopic (exact) mass is 372 g/mol. The minimum absolute atomic E-state index is 0.0689. The molecule has 7 nitrogen and oxygen atoms in total. The fourth-order valence-corrected chi connectivity index (χ4v) is 2.82. The molecular formula is C18H17ClN4O3. The Balaban J connectivity index is 1.56. The highest BCUT2D eigenvalue weighted by atomic mass is 35.5. The molecule has 2 heterocycles. The topological polar surface area (TPSA) is 91.4 Å². The Morgan fingerprint density at radius 2 is 1.92 bits per heavy atom. The van der Waals surface area contributed by atoms with Crippen molar-refractivity contribution in [1.29, 1.82) is 0 Å². The lowest BCUT2D eigenvalue weighted by molar-refractivity contribution is -0.131. The molecule has 2 aromatic rings. The number of amides is 4. The van der Waals surface area contributed by atoms with E-state index in [1.54, 1.807) is 48.8 Å². The molecule has 1 aromatic carbocycles. The van der Waals surface area contributed by atoms with Gasteiger partial charge in [0.15, 0.2) is 0 Å². The number of hydrogen-bond acceptors (Lipinski definition) is 4. The minimum atomic E-state index is -0.873. The highest BCUT2D eigenvalue weighted by Gasteiger charge is 2.39. The van der Waals surface area contributed by atoms with Gasteiger partial charge in [-0.25, -0.2) is 4.79 Å². The van der Waals surface area contributed by atoms with E-state index in [1.807, 2.05) is 0 Å². The van der Waals surface area contributed by atoms with Crippen molar-refractivity contribution in [2.45, 2.75) is 25.6 Å². The predicted octanol–water partition coefficient (Wildman–Crippen LogP) is 1.86. The third-order valence-corrected chi connectivity index (χ3v) is 4.39. The number of benzene rings is 1.